The summed E-state index contributed by atoms with van der Waals surface area (Å²) in [6.45, 7) is 1.80. The normalized spacial score (nSPS) is 11.6. The van der Waals surface area contributed by atoms with Gasteiger partial charge in [-0.2, -0.15) is 5.26 Å². The van der Waals surface area contributed by atoms with Crippen molar-refractivity contribution in [3.05, 3.63) is 59.6 Å². The van der Waals surface area contributed by atoms with Crippen molar-refractivity contribution < 1.29 is 14.3 Å². The molecule has 0 spiro atoms. The number of carbonyl (C=O) groups excluding carboxylic acids is 2. The van der Waals surface area contributed by atoms with Crippen LogP contribution in [0.1, 0.15) is 24.8 Å². The number of hydrogen-bond donors (Lipinski definition) is 0. The third-order valence-corrected chi connectivity index (χ3v) is 5.41. The van der Waals surface area contributed by atoms with Crippen LogP contribution in [-0.2, 0) is 20.7 Å². The van der Waals surface area contributed by atoms with Gasteiger partial charge in [-0.15, -0.1) is 11.3 Å². The molecular formula is C22H21N3O3S. The van der Waals surface area contributed by atoms with E-state index in [-0.39, 0.29) is 25.3 Å². The van der Waals surface area contributed by atoms with E-state index in [4.69, 9.17) is 10.00 Å². The first kappa shape index (κ1) is 20.5. The minimum atomic E-state index is -0.934. The Kier molecular flexibility index (Phi) is 6.93. The number of carbonyl (C=O) groups is 2. The van der Waals surface area contributed by atoms with Crippen molar-refractivity contribution in [3.63, 3.8) is 0 Å². The smallest absolute Gasteiger partial charge is 0.306 e. The fourth-order valence-electron chi connectivity index (χ4n) is 2.90. The lowest BCUT2D eigenvalue weighted by molar-refractivity contribution is -0.153. The Hall–Kier alpha value is -3.24. The largest absolute Gasteiger partial charge is 0.453 e. The Bertz CT molecular complexity index is 993. The van der Waals surface area contributed by atoms with E-state index in [1.165, 1.54) is 4.90 Å². The van der Waals surface area contributed by atoms with E-state index in [1.807, 2.05) is 48.5 Å². The molecule has 148 valence electrons. The Labute approximate surface area is 173 Å². The van der Waals surface area contributed by atoms with Gasteiger partial charge in [0.05, 0.1) is 34.1 Å². The van der Waals surface area contributed by atoms with E-state index in [2.05, 4.69) is 4.98 Å². The minimum Gasteiger partial charge on any atom is -0.453 e. The molecule has 0 radical (unpaired) electrons. The maximum Gasteiger partial charge on any atom is 0.306 e. The molecule has 3 rings (SSSR count). The number of rotatable bonds is 8. The zero-order valence-electron chi connectivity index (χ0n) is 16.1. The molecule has 3 aromatic rings. The average Bonchev–Trinajstić information content (AvgIpc) is 3.16. The maximum absolute atomic E-state index is 12.8. The highest BCUT2D eigenvalue weighted by atomic mass is 32.1. The molecule has 0 aliphatic rings. The van der Waals surface area contributed by atoms with E-state index >= 15 is 0 Å². The fourth-order valence-corrected chi connectivity index (χ4v) is 3.86. The lowest BCUT2D eigenvalue weighted by atomic mass is 10.2. The van der Waals surface area contributed by atoms with Crippen LogP contribution in [0.2, 0.25) is 0 Å². The van der Waals surface area contributed by atoms with E-state index < -0.39 is 12.1 Å². The molecule has 0 saturated heterocycles. The van der Waals surface area contributed by atoms with E-state index in [1.54, 1.807) is 30.4 Å². The number of para-hydroxylation sites is 2. The molecule has 1 heterocycles. The maximum atomic E-state index is 12.8. The van der Waals surface area contributed by atoms with Crippen molar-refractivity contribution in [2.75, 3.05) is 11.4 Å². The summed E-state index contributed by atoms with van der Waals surface area (Å²) >= 11 is 1.55. The van der Waals surface area contributed by atoms with Gasteiger partial charge in [-0.05, 0) is 31.2 Å². The van der Waals surface area contributed by atoms with Gasteiger partial charge in [0.25, 0.3) is 5.91 Å². The second-order valence-electron chi connectivity index (χ2n) is 6.44. The van der Waals surface area contributed by atoms with Gasteiger partial charge < -0.3 is 9.64 Å². The lowest BCUT2D eigenvalue weighted by Gasteiger charge is -2.25. The third kappa shape index (κ3) is 5.39. The Morgan fingerprint density at radius 2 is 1.90 bits per heavy atom. The molecule has 29 heavy (non-hydrogen) atoms. The predicted molar refractivity (Wildman–Crippen MR) is 113 cm³/mol. The second-order valence-corrected chi connectivity index (χ2v) is 7.56. The molecule has 1 aromatic heterocycles. The van der Waals surface area contributed by atoms with Crippen molar-refractivity contribution in [2.45, 2.75) is 32.3 Å². The quantitative estimate of drug-likeness (QED) is 0.525. The summed E-state index contributed by atoms with van der Waals surface area (Å²) < 4.78 is 6.43. The van der Waals surface area contributed by atoms with Crippen LogP contribution in [0.4, 0.5) is 5.69 Å². The van der Waals surface area contributed by atoms with Gasteiger partial charge in [0.15, 0.2) is 6.10 Å². The highest BCUT2D eigenvalue weighted by molar-refractivity contribution is 7.18. The molecule has 0 bridgehead atoms. The predicted octanol–water partition coefficient (Wildman–Crippen LogP) is 4.11. The van der Waals surface area contributed by atoms with E-state index in [0.29, 0.717) is 12.1 Å². The number of nitriles is 1. The van der Waals surface area contributed by atoms with Gasteiger partial charge >= 0.3 is 5.97 Å². The Morgan fingerprint density at radius 3 is 2.62 bits per heavy atom. The Morgan fingerprint density at radius 1 is 1.17 bits per heavy atom. The van der Waals surface area contributed by atoms with Crippen molar-refractivity contribution in [2.24, 2.45) is 0 Å². The van der Waals surface area contributed by atoms with E-state index in [0.717, 1.165) is 15.2 Å². The molecule has 0 fully saturated rings. The average molecular weight is 407 g/mol. The summed E-state index contributed by atoms with van der Waals surface area (Å²) in [6.07, 6.45) is -0.118. The summed E-state index contributed by atoms with van der Waals surface area (Å²) in [7, 11) is 0. The van der Waals surface area contributed by atoms with Crippen LogP contribution < -0.4 is 4.90 Å². The highest BCUT2D eigenvalue weighted by Gasteiger charge is 2.25. The van der Waals surface area contributed by atoms with Crippen molar-refractivity contribution in [1.29, 1.82) is 5.26 Å². The number of ether oxygens (including phenoxy) is 1. The monoisotopic (exact) mass is 407 g/mol. The molecule has 1 atom stereocenters. The molecule has 0 N–H and O–H groups in total. The summed E-state index contributed by atoms with van der Waals surface area (Å²) in [5.41, 5.74) is 1.59. The van der Waals surface area contributed by atoms with Crippen molar-refractivity contribution in [1.82, 2.24) is 4.98 Å². The van der Waals surface area contributed by atoms with Crippen molar-refractivity contribution >= 4 is 39.1 Å². The van der Waals surface area contributed by atoms with Gasteiger partial charge in [-0.25, -0.2) is 4.98 Å². The molecule has 7 heteroatoms. The summed E-state index contributed by atoms with van der Waals surface area (Å²) in [5, 5.41) is 9.74. The van der Waals surface area contributed by atoms with Gasteiger partial charge in [0.2, 0.25) is 0 Å². The number of thiazole rings is 1. The third-order valence-electron chi connectivity index (χ3n) is 4.32. The summed E-state index contributed by atoms with van der Waals surface area (Å²) in [4.78, 5) is 31.0. The summed E-state index contributed by atoms with van der Waals surface area (Å²) in [5.74, 6) is -0.793. The zero-order valence-corrected chi connectivity index (χ0v) is 16.9. The molecule has 2 aromatic carbocycles. The zero-order chi connectivity index (χ0) is 20.6. The number of hydrogen-bond acceptors (Lipinski definition) is 6. The molecule has 1 amide bonds. The first-order valence-corrected chi connectivity index (χ1v) is 10.2. The van der Waals surface area contributed by atoms with Crippen molar-refractivity contribution in [3.8, 4) is 6.07 Å². The number of fused-ring (bicyclic) bond motifs is 1. The van der Waals surface area contributed by atoms with Crippen LogP contribution in [0.5, 0.6) is 0 Å². The number of anilines is 1. The number of nitrogens with zero attached hydrogens (tertiary/aromatic N) is 3. The number of esters is 1. The minimum absolute atomic E-state index is 0.154. The van der Waals surface area contributed by atoms with Crippen LogP contribution in [0, 0.1) is 11.3 Å². The molecule has 0 saturated carbocycles. The highest BCUT2D eigenvalue weighted by Crippen LogP contribution is 2.22. The van der Waals surface area contributed by atoms with Crippen LogP contribution in [0.15, 0.2) is 54.6 Å². The number of amides is 1. The van der Waals surface area contributed by atoms with Gasteiger partial charge in [0.1, 0.15) is 0 Å². The molecule has 0 aliphatic heterocycles. The van der Waals surface area contributed by atoms with Crippen LogP contribution in [0.3, 0.4) is 0 Å². The Balaban J connectivity index is 1.58. The van der Waals surface area contributed by atoms with Gasteiger partial charge in [-0.3, -0.25) is 9.59 Å². The van der Waals surface area contributed by atoms with Crippen LogP contribution in [0.25, 0.3) is 10.2 Å². The molecule has 6 nitrogen and oxygen atoms in total. The van der Waals surface area contributed by atoms with Crippen LogP contribution >= 0.6 is 11.3 Å². The molecule has 0 aliphatic carbocycles. The van der Waals surface area contributed by atoms with Gasteiger partial charge in [-0.1, -0.05) is 30.3 Å². The topological polar surface area (TPSA) is 83.3 Å². The lowest BCUT2D eigenvalue weighted by Crippen LogP contribution is -2.40. The van der Waals surface area contributed by atoms with Gasteiger partial charge in [0, 0.05) is 18.7 Å². The molecule has 1 unspecified atom stereocenters. The number of aryl methyl sites for hydroxylation is 1. The van der Waals surface area contributed by atoms with Crippen LogP contribution in [-0.4, -0.2) is 29.5 Å². The summed E-state index contributed by atoms with van der Waals surface area (Å²) in [6, 6.07) is 18.9. The SMILES string of the molecule is CC(OC(=O)CCc1nc2ccccc2s1)C(=O)N(CCC#N)c1ccccc1. The standard InChI is InChI=1S/C22H21N3O3S/c1-16(22(27)25(15-7-14-23)17-8-3-2-4-9-17)28-21(26)13-12-20-24-18-10-5-6-11-19(18)29-20/h2-6,8-11,16H,7,12-13,15H2,1H3. The second kappa shape index (κ2) is 9.80. The van der Waals surface area contributed by atoms with E-state index in [9.17, 15) is 9.59 Å². The fraction of sp³-hybridized carbons (Fsp3) is 0.273. The number of benzene rings is 2. The molecular weight excluding hydrogens is 386 g/mol. The first-order chi connectivity index (χ1) is 14.1. The number of aromatic nitrogens is 1. The first-order valence-electron chi connectivity index (χ1n) is 9.36.